The summed E-state index contributed by atoms with van der Waals surface area (Å²) in [4.78, 5) is 24.3. The molecule has 1 fully saturated rings. The van der Waals surface area contributed by atoms with Gasteiger partial charge in [0.2, 0.25) is 11.0 Å². The number of aryl methyl sites for hydroxylation is 2. The molecule has 160 valence electrons. The fraction of sp³-hybridized carbons (Fsp3) is 0.348. The molecule has 3 heterocycles. The van der Waals surface area contributed by atoms with Crippen LogP contribution >= 0.6 is 11.3 Å². The maximum Gasteiger partial charge on any atom is 0.247 e. The zero-order valence-electron chi connectivity index (χ0n) is 17.8. The van der Waals surface area contributed by atoms with Crippen LogP contribution in [0.25, 0.3) is 6.08 Å². The minimum absolute atomic E-state index is 0.00937. The van der Waals surface area contributed by atoms with E-state index in [1.807, 2.05) is 54.3 Å². The van der Waals surface area contributed by atoms with Gasteiger partial charge in [0, 0.05) is 24.4 Å². The van der Waals surface area contributed by atoms with Gasteiger partial charge in [-0.3, -0.25) is 4.79 Å². The lowest BCUT2D eigenvalue weighted by Gasteiger charge is -2.34. The number of carbonyl (C=O) groups is 1. The van der Waals surface area contributed by atoms with Gasteiger partial charge in [-0.15, -0.1) is 10.2 Å². The Labute approximate surface area is 186 Å². The molecule has 0 aliphatic carbocycles. The van der Waals surface area contributed by atoms with E-state index >= 15 is 0 Å². The van der Waals surface area contributed by atoms with Gasteiger partial charge in [0.05, 0.1) is 6.04 Å². The average Bonchev–Trinajstić information content (AvgIpc) is 3.25. The van der Waals surface area contributed by atoms with Crippen LogP contribution in [0, 0.1) is 6.92 Å². The molecular weight excluding hydrogens is 408 g/mol. The van der Waals surface area contributed by atoms with Crippen molar-refractivity contribution in [1.29, 1.82) is 0 Å². The van der Waals surface area contributed by atoms with Crippen LogP contribution in [0.4, 0.5) is 10.9 Å². The van der Waals surface area contributed by atoms with Crippen molar-refractivity contribution < 1.29 is 4.79 Å². The largest absolute Gasteiger partial charge is 0.329 e. The molecule has 31 heavy (non-hydrogen) atoms. The molecule has 4 rings (SSSR count). The Morgan fingerprint density at radius 1 is 1.23 bits per heavy atom. The van der Waals surface area contributed by atoms with Crippen molar-refractivity contribution in [2.24, 2.45) is 0 Å². The van der Waals surface area contributed by atoms with Gasteiger partial charge in [-0.1, -0.05) is 48.6 Å². The molecule has 1 aromatic carbocycles. The van der Waals surface area contributed by atoms with E-state index in [4.69, 9.17) is 4.98 Å². The highest BCUT2D eigenvalue weighted by atomic mass is 32.1. The molecule has 1 atom stereocenters. The molecule has 1 aliphatic heterocycles. The van der Waals surface area contributed by atoms with Gasteiger partial charge in [-0.05, 0) is 44.2 Å². The maximum absolute atomic E-state index is 13.0. The smallest absolute Gasteiger partial charge is 0.247 e. The molecule has 0 spiro atoms. The lowest BCUT2D eigenvalue weighted by Crippen LogP contribution is -2.38. The summed E-state index contributed by atoms with van der Waals surface area (Å²) in [6.45, 7) is 4.70. The van der Waals surface area contributed by atoms with Crippen LogP contribution < -0.4 is 5.32 Å². The number of hydrogen-bond donors (Lipinski definition) is 1. The minimum Gasteiger partial charge on any atom is -0.329 e. The number of rotatable bonds is 6. The van der Waals surface area contributed by atoms with E-state index in [9.17, 15) is 4.79 Å². The number of nitrogens with zero attached hydrogens (tertiary/aromatic N) is 5. The number of amides is 1. The third-order valence-corrected chi connectivity index (χ3v) is 6.16. The third kappa shape index (κ3) is 5.32. The molecule has 0 bridgehead atoms. The van der Waals surface area contributed by atoms with Gasteiger partial charge in [0.15, 0.2) is 5.82 Å². The van der Waals surface area contributed by atoms with Gasteiger partial charge in [0.1, 0.15) is 10.8 Å². The number of piperidine rings is 1. The summed E-state index contributed by atoms with van der Waals surface area (Å²) < 4.78 is 0. The highest BCUT2D eigenvalue weighted by molar-refractivity contribution is 7.15. The SMILES string of the molecule is CCc1nnc(Nc2cc(C)nc([C@H]3CCCCN3C(=O)/C=C/c3ccccc3)n2)s1. The Balaban J connectivity index is 1.55. The highest BCUT2D eigenvalue weighted by Crippen LogP contribution is 2.30. The monoisotopic (exact) mass is 434 g/mol. The predicted molar refractivity (Wildman–Crippen MR) is 123 cm³/mol. The Hall–Kier alpha value is -3.13. The second-order valence-electron chi connectivity index (χ2n) is 7.52. The van der Waals surface area contributed by atoms with E-state index < -0.39 is 0 Å². The fourth-order valence-corrected chi connectivity index (χ4v) is 4.34. The van der Waals surface area contributed by atoms with Crippen molar-refractivity contribution in [3.63, 3.8) is 0 Å². The van der Waals surface area contributed by atoms with E-state index in [-0.39, 0.29) is 11.9 Å². The van der Waals surface area contributed by atoms with Gasteiger partial charge in [-0.2, -0.15) is 0 Å². The van der Waals surface area contributed by atoms with Gasteiger partial charge >= 0.3 is 0 Å². The van der Waals surface area contributed by atoms with Crippen LogP contribution in [0.3, 0.4) is 0 Å². The molecule has 0 unspecified atom stereocenters. The van der Waals surface area contributed by atoms with Crippen molar-refractivity contribution >= 4 is 34.3 Å². The quantitative estimate of drug-likeness (QED) is 0.566. The molecule has 8 heteroatoms. The number of nitrogens with one attached hydrogen (secondary N) is 1. The van der Waals surface area contributed by atoms with Crippen LogP contribution in [0.5, 0.6) is 0 Å². The second kappa shape index (κ2) is 9.78. The summed E-state index contributed by atoms with van der Waals surface area (Å²) in [7, 11) is 0. The number of anilines is 2. The molecule has 1 N–H and O–H groups in total. The van der Waals surface area contributed by atoms with Crippen molar-refractivity contribution in [2.45, 2.75) is 45.6 Å². The van der Waals surface area contributed by atoms with Gasteiger partial charge in [-0.25, -0.2) is 9.97 Å². The highest BCUT2D eigenvalue weighted by Gasteiger charge is 2.29. The first-order chi connectivity index (χ1) is 15.1. The first-order valence-corrected chi connectivity index (χ1v) is 11.4. The first-order valence-electron chi connectivity index (χ1n) is 10.6. The van der Waals surface area contributed by atoms with Gasteiger partial charge in [0.25, 0.3) is 0 Å². The second-order valence-corrected chi connectivity index (χ2v) is 8.58. The van der Waals surface area contributed by atoms with Crippen molar-refractivity contribution in [3.05, 3.63) is 64.6 Å². The number of benzene rings is 1. The van der Waals surface area contributed by atoms with Crippen LogP contribution in [0.15, 0.2) is 42.5 Å². The van der Waals surface area contributed by atoms with Crippen LogP contribution in [0.1, 0.15) is 54.3 Å². The van der Waals surface area contributed by atoms with E-state index in [1.165, 1.54) is 11.3 Å². The molecular formula is C23H26N6OS. The van der Waals surface area contributed by atoms with Crippen LogP contribution in [-0.2, 0) is 11.2 Å². The Kier molecular flexibility index (Phi) is 6.66. The average molecular weight is 435 g/mol. The topological polar surface area (TPSA) is 83.9 Å². The summed E-state index contributed by atoms with van der Waals surface area (Å²) in [5.74, 6) is 1.34. The third-order valence-electron chi connectivity index (χ3n) is 5.18. The number of hydrogen-bond acceptors (Lipinski definition) is 7. The molecule has 0 saturated carbocycles. The maximum atomic E-state index is 13.0. The lowest BCUT2D eigenvalue weighted by molar-refractivity contribution is -0.129. The fourth-order valence-electron chi connectivity index (χ4n) is 3.65. The number of carbonyl (C=O) groups excluding carboxylic acids is 1. The Morgan fingerprint density at radius 2 is 2.06 bits per heavy atom. The summed E-state index contributed by atoms with van der Waals surface area (Å²) in [6, 6.07) is 11.6. The zero-order valence-corrected chi connectivity index (χ0v) is 18.6. The normalized spacial score (nSPS) is 16.6. The number of likely N-dealkylation sites (tertiary alicyclic amines) is 1. The number of aromatic nitrogens is 4. The molecule has 2 aromatic heterocycles. The molecule has 0 radical (unpaired) electrons. The van der Waals surface area contributed by atoms with Crippen molar-refractivity contribution in [1.82, 2.24) is 25.1 Å². The zero-order chi connectivity index (χ0) is 21.6. The van der Waals surface area contributed by atoms with E-state index in [0.717, 1.165) is 41.9 Å². The Bertz CT molecular complexity index is 1060. The standard InChI is InChI=1S/C23H26N6OS/c1-3-20-27-28-23(31-20)26-19-15-16(2)24-22(25-19)18-11-7-8-14-29(18)21(30)13-12-17-9-5-4-6-10-17/h4-6,9-10,12-13,15,18H,3,7-8,11,14H2,1-2H3,(H,24,25,26,28)/b13-12+/t18-/m1/s1. The minimum atomic E-state index is -0.136. The first kappa shape index (κ1) is 21.1. The molecule has 7 nitrogen and oxygen atoms in total. The van der Waals surface area contributed by atoms with E-state index in [0.29, 0.717) is 23.3 Å². The Morgan fingerprint density at radius 3 is 2.84 bits per heavy atom. The van der Waals surface area contributed by atoms with Crippen LogP contribution in [-0.4, -0.2) is 37.5 Å². The summed E-state index contributed by atoms with van der Waals surface area (Å²) >= 11 is 1.52. The summed E-state index contributed by atoms with van der Waals surface area (Å²) in [6.07, 6.45) is 7.25. The van der Waals surface area contributed by atoms with E-state index in [1.54, 1.807) is 6.08 Å². The van der Waals surface area contributed by atoms with Crippen LogP contribution in [0.2, 0.25) is 0 Å². The van der Waals surface area contributed by atoms with Gasteiger partial charge < -0.3 is 10.2 Å². The predicted octanol–water partition coefficient (Wildman–Crippen LogP) is 4.71. The molecule has 1 amide bonds. The summed E-state index contributed by atoms with van der Waals surface area (Å²) in [5, 5.41) is 13.3. The van der Waals surface area contributed by atoms with Crippen molar-refractivity contribution in [3.8, 4) is 0 Å². The van der Waals surface area contributed by atoms with Crippen molar-refractivity contribution in [2.75, 3.05) is 11.9 Å². The van der Waals surface area contributed by atoms with E-state index in [2.05, 4.69) is 27.4 Å². The lowest BCUT2D eigenvalue weighted by atomic mass is 10.0. The summed E-state index contributed by atoms with van der Waals surface area (Å²) in [5.41, 5.74) is 1.86. The molecule has 1 aliphatic rings. The molecule has 1 saturated heterocycles. The molecule has 3 aromatic rings.